The highest BCUT2D eigenvalue weighted by Gasteiger charge is 2.35. The molecule has 3 rings (SSSR count). The van der Waals surface area contributed by atoms with Crippen molar-refractivity contribution in [2.24, 2.45) is 0 Å². The van der Waals surface area contributed by atoms with Crippen LogP contribution in [0.1, 0.15) is 30.4 Å². The minimum atomic E-state index is -0.566. The maximum Gasteiger partial charge on any atom is 0.337 e. The van der Waals surface area contributed by atoms with E-state index in [2.05, 4.69) is 0 Å². The summed E-state index contributed by atoms with van der Waals surface area (Å²) in [4.78, 5) is 25.0. The average molecular weight is 357 g/mol. The van der Waals surface area contributed by atoms with E-state index < -0.39 is 17.9 Å². The molecule has 0 aromatic heterocycles. The van der Waals surface area contributed by atoms with Crippen LogP contribution in [0.4, 0.5) is 0 Å². The van der Waals surface area contributed by atoms with Crippen LogP contribution in [0.15, 0.2) is 60.2 Å². The Labute approximate surface area is 151 Å². The van der Waals surface area contributed by atoms with Crippen LogP contribution in [0.5, 0.6) is 0 Å². The number of ether oxygens (including phenoxy) is 2. The summed E-state index contributed by atoms with van der Waals surface area (Å²) in [6.45, 7) is 2.00. The molecule has 2 aromatic rings. The van der Waals surface area contributed by atoms with Gasteiger partial charge in [-0.05, 0) is 24.6 Å². The van der Waals surface area contributed by atoms with Crippen LogP contribution in [0.25, 0.3) is 5.76 Å². The lowest BCUT2D eigenvalue weighted by Gasteiger charge is -2.25. The van der Waals surface area contributed by atoms with Crippen LogP contribution >= 0.6 is 11.6 Å². The Kier molecular flexibility index (Phi) is 5.19. The molecule has 0 spiro atoms. The summed E-state index contributed by atoms with van der Waals surface area (Å²) in [7, 11) is 0. The van der Waals surface area contributed by atoms with Crippen LogP contribution in [-0.2, 0) is 19.1 Å². The molecular weight excluding hydrogens is 340 g/mol. The first-order valence-corrected chi connectivity index (χ1v) is 8.40. The first kappa shape index (κ1) is 17.2. The summed E-state index contributed by atoms with van der Waals surface area (Å²) in [6, 6.07) is 16.1. The predicted octanol–water partition coefficient (Wildman–Crippen LogP) is 4.34. The van der Waals surface area contributed by atoms with Crippen molar-refractivity contribution in [1.29, 1.82) is 0 Å². The SMILES string of the molecule is CCOC(=O)C1=C(c2ccccc2)OC(=O)[C@@H](c2ccc(Cl)cc2)C1. The number of carbonyl (C=O) groups is 2. The summed E-state index contributed by atoms with van der Waals surface area (Å²) in [6.07, 6.45) is 0.226. The number of rotatable bonds is 4. The van der Waals surface area contributed by atoms with Gasteiger partial charge in [-0.3, -0.25) is 4.79 Å². The Balaban J connectivity index is 2.02. The lowest BCUT2D eigenvalue weighted by Crippen LogP contribution is -2.26. The average Bonchev–Trinajstić information content (AvgIpc) is 2.63. The fourth-order valence-electron chi connectivity index (χ4n) is 2.78. The minimum Gasteiger partial charge on any atom is -0.463 e. The number of benzene rings is 2. The van der Waals surface area contributed by atoms with E-state index in [4.69, 9.17) is 21.1 Å². The molecule has 5 heteroatoms. The molecule has 128 valence electrons. The second-order valence-electron chi connectivity index (χ2n) is 5.62. The number of esters is 2. The topological polar surface area (TPSA) is 52.6 Å². The summed E-state index contributed by atoms with van der Waals surface area (Å²) in [5, 5.41) is 0.582. The van der Waals surface area contributed by atoms with Crippen molar-refractivity contribution in [1.82, 2.24) is 0 Å². The number of hydrogen-bond donors (Lipinski definition) is 0. The number of carbonyl (C=O) groups excluding carboxylic acids is 2. The van der Waals surface area contributed by atoms with Gasteiger partial charge in [-0.2, -0.15) is 0 Å². The van der Waals surface area contributed by atoms with Crippen LogP contribution < -0.4 is 0 Å². The first-order chi connectivity index (χ1) is 12.1. The second-order valence-corrected chi connectivity index (χ2v) is 6.06. The van der Waals surface area contributed by atoms with E-state index in [1.54, 1.807) is 43.3 Å². The minimum absolute atomic E-state index is 0.226. The zero-order valence-corrected chi connectivity index (χ0v) is 14.5. The number of hydrogen-bond acceptors (Lipinski definition) is 4. The molecule has 0 saturated heterocycles. The highest BCUT2D eigenvalue weighted by Crippen LogP contribution is 2.37. The van der Waals surface area contributed by atoms with Crippen LogP contribution in [0.2, 0.25) is 5.02 Å². The van der Waals surface area contributed by atoms with E-state index in [0.29, 0.717) is 16.2 Å². The molecule has 2 aromatic carbocycles. The van der Waals surface area contributed by atoms with Gasteiger partial charge < -0.3 is 9.47 Å². The fraction of sp³-hybridized carbons (Fsp3) is 0.200. The van der Waals surface area contributed by atoms with E-state index in [0.717, 1.165) is 5.56 Å². The van der Waals surface area contributed by atoms with E-state index in [-0.39, 0.29) is 18.8 Å². The smallest absolute Gasteiger partial charge is 0.337 e. The highest BCUT2D eigenvalue weighted by atomic mass is 35.5. The molecule has 4 nitrogen and oxygen atoms in total. The van der Waals surface area contributed by atoms with Gasteiger partial charge in [-0.15, -0.1) is 0 Å². The Morgan fingerprint density at radius 1 is 1.16 bits per heavy atom. The Hall–Kier alpha value is -2.59. The summed E-state index contributed by atoms with van der Waals surface area (Å²) in [5.74, 6) is -1.15. The molecule has 0 fully saturated rings. The molecular formula is C20H17ClO4. The number of halogens is 1. The maximum absolute atomic E-state index is 12.5. The summed E-state index contributed by atoms with van der Waals surface area (Å²) < 4.78 is 10.7. The zero-order valence-electron chi connectivity index (χ0n) is 13.7. The third-order valence-corrected chi connectivity index (χ3v) is 4.25. The molecule has 0 radical (unpaired) electrons. The first-order valence-electron chi connectivity index (χ1n) is 8.03. The van der Waals surface area contributed by atoms with Crippen molar-refractivity contribution in [3.8, 4) is 0 Å². The van der Waals surface area contributed by atoms with Gasteiger partial charge in [0.05, 0.1) is 18.1 Å². The molecule has 0 amide bonds. The molecule has 0 saturated carbocycles. The third-order valence-electron chi connectivity index (χ3n) is 4.00. The van der Waals surface area contributed by atoms with Gasteiger partial charge in [0.2, 0.25) is 0 Å². The van der Waals surface area contributed by atoms with Crippen molar-refractivity contribution in [3.63, 3.8) is 0 Å². The third kappa shape index (κ3) is 3.74. The van der Waals surface area contributed by atoms with Crippen molar-refractivity contribution in [2.75, 3.05) is 6.61 Å². The molecule has 0 N–H and O–H groups in total. The van der Waals surface area contributed by atoms with Gasteiger partial charge in [0, 0.05) is 17.0 Å². The van der Waals surface area contributed by atoms with Gasteiger partial charge in [0.25, 0.3) is 0 Å². The van der Waals surface area contributed by atoms with Crippen LogP contribution in [0, 0.1) is 0 Å². The summed E-state index contributed by atoms with van der Waals surface area (Å²) in [5.41, 5.74) is 1.80. The molecule has 1 atom stereocenters. The Morgan fingerprint density at radius 2 is 1.84 bits per heavy atom. The van der Waals surface area contributed by atoms with Crippen LogP contribution in [0.3, 0.4) is 0 Å². The van der Waals surface area contributed by atoms with E-state index >= 15 is 0 Å². The van der Waals surface area contributed by atoms with Crippen molar-refractivity contribution in [2.45, 2.75) is 19.3 Å². The van der Waals surface area contributed by atoms with E-state index in [1.807, 2.05) is 18.2 Å². The molecule has 1 aliphatic rings. The highest BCUT2D eigenvalue weighted by molar-refractivity contribution is 6.30. The monoisotopic (exact) mass is 356 g/mol. The largest absolute Gasteiger partial charge is 0.463 e. The molecule has 0 bridgehead atoms. The summed E-state index contributed by atoms with van der Waals surface area (Å²) >= 11 is 5.91. The lowest BCUT2D eigenvalue weighted by atomic mass is 9.88. The standard InChI is InChI=1S/C20H17ClO4/c1-2-24-19(22)17-12-16(13-8-10-15(21)11-9-13)20(23)25-18(17)14-6-4-3-5-7-14/h3-11,16H,2,12H2,1H3/t16-/m1/s1. The zero-order chi connectivity index (χ0) is 17.8. The predicted molar refractivity (Wildman–Crippen MR) is 94.9 cm³/mol. The van der Waals surface area contributed by atoms with Gasteiger partial charge in [-0.1, -0.05) is 54.1 Å². The normalized spacial score (nSPS) is 17.2. The van der Waals surface area contributed by atoms with E-state index in [9.17, 15) is 9.59 Å². The maximum atomic E-state index is 12.5. The second kappa shape index (κ2) is 7.53. The van der Waals surface area contributed by atoms with Crippen molar-refractivity contribution >= 4 is 29.3 Å². The van der Waals surface area contributed by atoms with E-state index in [1.165, 1.54) is 0 Å². The van der Waals surface area contributed by atoms with Crippen LogP contribution in [-0.4, -0.2) is 18.5 Å². The molecule has 1 heterocycles. The number of cyclic esters (lactones) is 1. The molecule has 0 unspecified atom stereocenters. The lowest BCUT2D eigenvalue weighted by molar-refractivity contribution is -0.142. The Morgan fingerprint density at radius 3 is 2.48 bits per heavy atom. The van der Waals surface area contributed by atoms with Crippen molar-refractivity contribution < 1.29 is 19.1 Å². The van der Waals surface area contributed by atoms with Gasteiger partial charge in [0.15, 0.2) is 0 Å². The van der Waals surface area contributed by atoms with Gasteiger partial charge in [0.1, 0.15) is 5.76 Å². The van der Waals surface area contributed by atoms with Gasteiger partial charge >= 0.3 is 11.9 Å². The van der Waals surface area contributed by atoms with Crippen molar-refractivity contribution in [3.05, 3.63) is 76.3 Å². The molecule has 25 heavy (non-hydrogen) atoms. The quantitative estimate of drug-likeness (QED) is 0.764. The fourth-order valence-corrected chi connectivity index (χ4v) is 2.91. The molecule has 1 aliphatic heterocycles. The van der Waals surface area contributed by atoms with Gasteiger partial charge in [-0.25, -0.2) is 4.79 Å². The molecule has 0 aliphatic carbocycles. The Bertz CT molecular complexity index is 809.